The smallest absolute Gasteiger partial charge is 0.130 e. The van der Waals surface area contributed by atoms with E-state index in [4.69, 9.17) is 16.3 Å². The Morgan fingerprint density at radius 1 is 1.00 bits per heavy atom. The Kier molecular flexibility index (Phi) is 3.19. The monoisotopic (exact) mass is 328 g/mol. The van der Waals surface area contributed by atoms with E-state index in [1.165, 1.54) is 10.5 Å². The minimum absolute atomic E-state index is 0.167. The SMILES string of the molecule is CC1=C[C@H]2C(c3ccccc3)(c3ccc(Cl)cc3)O[C@@]2(C)S1. The van der Waals surface area contributed by atoms with Crippen LogP contribution >= 0.6 is 23.4 Å². The molecule has 1 saturated heterocycles. The molecular weight excluding hydrogens is 312 g/mol. The van der Waals surface area contributed by atoms with Crippen LogP contribution in [0.1, 0.15) is 25.0 Å². The number of allylic oxidation sites excluding steroid dienone is 1. The summed E-state index contributed by atoms with van der Waals surface area (Å²) in [5.41, 5.74) is 1.95. The molecule has 0 N–H and O–H groups in total. The maximum absolute atomic E-state index is 6.59. The number of thioether (sulfide) groups is 1. The summed E-state index contributed by atoms with van der Waals surface area (Å²) in [6, 6.07) is 18.6. The van der Waals surface area contributed by atoms with Gasteiger partial charge in [0.2, 0.25) is 0 Å². The van der Waals surface area contributed by atoms with Crippen LogP contribution in [-0.4, -0.2) is 4.93 Å². The largest absolute Gasteiger partial charge is 0.347 e. The molecule has 3 atom stereocenters. The summed E-state index contributed by atoms with van der Waals surface area (Å²) in [4.78, 5) is 1.17. The van der Waals surface area contributed by atoms with Crippen LogP contribution < -0.4 is 0 Å². The quantitative estimate of drug-likeness (QED) is 0.710. The maximum atomic E-state index is 6.59. The molecule has 0 saturated carbocycles. The molecule has 112 valence electrons. The first-order valence-electron chi connectivity index (χ1n) is 7.44. The van der Waals surface area contributed by atoms with E-state index in [1.807, 2.05) is 30.0 Å². The average Bonchev–Trinajstić information content (AvgIpc) is 2.75. The van der Waals surface area contributed by atoms with Crippen LogP contribution in [-0.2, 0) is 10.3 Å². The van der Waals surface area contributed by atoms with Crippen LogP contribution in [0.5, 0.6) is 0 Å². The molecule has 2 aromatic carbocycles. The van der Waals surface area contributed by atoms with Gasteiger partial charge in [0, 0.05) is 5.02 Å². The summed E-state index contributed by atoms with van der Waals surface area (Å²) in [7, 11) is 0. The minimum Gasteiger partial charge on any atom is -0.347 e. The molecular formula is C19H17ClOS. The lowest BCUT2D eigenvalue weighted by molar-refractivity contribution is -0.238. The summed E-state index contributed by atoms with van der Waals surface area (Å²) >= 11 is 7.90. The van der Waals surface area contributed by atoms with Crippen molar-refractivity contribution in [1.82, 2.24) is 0 Å². The highest BCUT2D eigenvalue weighted by Crippen LogP contribution is 2.66. The van der Waals surface area contributed by atoms with E-state index >= 15 is 0 Å². The van der Waals surface area contributed by atoms with Crippen molar-refractivity contribution < 1.29 is 4.74 Å². The van der Waals surface area contributed by atoms with Gasteiger partial charge in [0.15, 0.2) is 0 Å². The second-order valence-corrected chi connectivity index (χ2v) is 8.18. The number of hydrogen-bond acceptors (Lipinski definition) is 2. The van der Waals surface area contributed by atoms with Gasteiger partial charge < -0.3 is 4.74 Å². The standard InChI is InChI=1S/C19H17ClOS/c1-13-12-17-18(2,22-13)21-19(17,14-6-4-3-5-7-14)15-8-10-16(20)11-9-15/h3-12,17H,1-2H3/t17-,18+,19?/m1/s1. The van der Waals surface area contributed by atoms with Crippen LogP contribution in [0.4, 0.5) is 0 Å². The maximum Gasteiger partial charge on any atom is 0.130 e. The number of benzene rings is 2. The molecule has 0 bridgehead atoms. The number of ether oxygens (including phenoxy) is 1. The van der Waals surface area contributed by atoms with Crippen LogP contribution in [0.3, 0.4) is 0 Å². The lowest BCUT2D eigenvalue weighted by atomic mass is 9.68. The Morgan fingerprint density at radius 3 is 2.27 bits per heavy atom. The van der Waals surface area contributed by atoms with Crippen molar-refractivity contribution in [3.8, 4) is 0 Å². The van der Waals surface area contributed by atoms with E-state index in [0.717, 1.165) is 10.6 Å². The van der Waals surface area contributed by atoms with Crippen molar-refractivity contribution in [3.63, 3.8) is 0 Å². The predicted octanol–water partition coefficient (Wildman–Crippen LogP) is 5.60. The van der Waals surface area contributed by atoms with Crippen molar-refractivity contribution in [2.75, 3.05) is 0 Å². The van der Waals surface area contributed by atoms with Gasteiger partial charge in [-0.15, -0.1) is 0 Å². The zero-order chi connectivity index (χ0) is 15.4. The highest BCUT2D eigenvalue weighted by molar-refractivity contribution is 8.04. The summed E-state index contributed by atoms with van der Waals surface area (Å²) in [5, 5.41) is 0.751. The van der Waals surface area contributed by atoms with Gasteiger partial charge in [-0.1, -0.05) is 71.9 Å². The fourth-order valence-electron chi connectivity index (χ4n) is 3.73. The summed E-state index contributed by atoms with van der Waals surface area (Å²) in [5.74, 6) is 0.327. The Balaban J connectivity index is 1.89. The molecule has 1 fully saturated rings. The molecule has 2 aliphatic rings. The molecule has 3 heteroatoms. The fraction of sp³-hybridized carbons (Fsp3) is 0.263. The lowest BCUT2D eigenvalue weighted by Gasteiger charge is -2.58. The van der Waals surface area contributed by atoms with Gasteiger partial charge >= 0.3 is 0 Å². The Hall–Kier alpha value is -1.22. The number of hydrogen-bond donors (Lipinski definition) is 0. The van der Waals surface area contributed by atoms with Crippen molar-refractivity contribution in [2.45, 2.75) is 24.4 Å². The summed E-state index contributed by atoms with van der Waals surface area (Å²) < 4.78 is 6.59. The molecule has 0 radical (unpaired) electrons. The molecule has 0 spiro atoms. The molecule has 0 amide bonds. The number of rotatable bonds is 2. The zero-order valence-electron chi connectivity index (χ0n) is 12.5. The second-order valence-electron chi connectivity index (χ2n) is 6.08. The second kappa shape index (κ2) is 4.89. The Morgan fingerprint density at radius 2 is 1.64 bits per heavy atom. The molecule has 2 aliphatic heterocycles. The van der Waals surface area contributed by atoms with E-state index in [9.17, 15) is 0 Å². The van der Waals surface area contributed by atoms with Gasteiger partial charge in [0.1, 0.15) is 10.5 Å². The van der Waals surface area contributed by atoms with Crippen LogP contribution in [0, 0.1) is 5.92 Å². The van der Waals surface area contributed by atoms with Crippen LogP contribution in [0.2, 0.25) is 5.02 Å². The Labute approximate surface area is 140 Å². The number of halogens is 1. The molecule has 0 aromatic heterocycles. The van der Waals surface area contributed by atoms with E-state index in [2.05, 4.69) is 56.3 Å². The van der Waals surface area contributed by atoms with E-state index in [1.54, 1.807) is 0 Å². The first-order valence-corrected chi connectivity index (χ1v) is 8.63. The first kappa shape index (κ1) is 14.4. The summed E-state index contributed by atoms with van der Waals surface area (Å²) in [6.45, 7) is 4.35. The third kappa shape index (κ3) is 1.91. The molecule has 4 rings (SSSR count). The topological polar surface area (TPSA) is 9.23 Å². The van der Waals surface area contributed by atoms with Gasteiger partial charge in [0.25, 0.3) is 0 Å². The van der Waals surface area contributed by atoms with Gasteiger partial charge in [-0.2, -0.15) is 0 Å². The van der Waals surface area contributed by atoms with E-state index < -0.39 is 5.60 Å². The highest BCUT2D eigenvalue weighted by Gasteiger charge is 2.66. The van der Waals surface area contributed by atoms with E-state index in [0.29, 0.717) is 5.92 Å². The van der Waals surface area contributed by atoms with Crippen LogP contribution in [0.15, 0.2) is 65.6 Å². The molecule has 1 unspecified atom stereocenters. The van der Waals surface area contributed by atoms with Crippen LogP contribution in [0.25, 0.3) is 0 Å². The van der Waals surface area contributed by atoms with Crippen molar-refractivity contribution in [1.29, 1.82) is 0 Å². The van der Waals surface area contributed by atoms with Gasteiger partial charge in [0.05, 0.1) is 5.92 Å². The third-order valence-corrected chi connectivity index (χ3v) is 6.06. The molecule has 22 heavy (non-hydrogen) atoms. The van der Waals surface area contributed by atoms with E-state index in [-0.39, 0.29) is 4.93 Å². The average molecular weight is 329 g/mol. The van der Waals surface area contributed by atoms with Crippen molar-refractivity contribution in [2.24, 2.45) is 5.92 Å². The lowest BCUT2D eigenvalue weighted by Crippen LogP contribution is -2.61. The van der Waals surface area contributed by atoms with Gasteiger partial charge in [-0.25, -0.2) is 0 Å². The summed E-state index contributed by atoms with van der Waals surface area (Å²) in [6.07, 6.45) is 2.36. The zero-order valence-corrected chi connectivity index (χ0v) is 14.1. The molecule has 2 aromatic rings. The van der Waals surface area contributed by atoms with Crippen molar-refractivity contribution >= 4 is 23.4 Å². The Bertz CT molecular complexity index is 740. The minimum atomic E-state index is -0.411. The number of fused-ring (bicyclic) bond motifs is 1. The molecule has 0 aliphatic carbocycles. The third-order valence-electron chi connectivity index (χ3n) is 4.61. The van der Waals surface area contributed by atoms with Gasteiger partial charge in [-0.3, -0.25) is 0 Å². The fourth-order valence-corrected chi connectivity index (χ4v) is 5.23. The predicted molar refractivity (Wildman–Crippen MR) is 93.0 cm³/mol. The molecule has 1 nitrogen and oxygen atoms in total. The highest BCUT2D eigenvalue weighted by atomic mass is 35.5. The first-order chi connectivity index (χ1) is 10.5. The normalized spacial score (nSPS) is 33.0. The molecule has 2 heterocycles. The van der Waals surface area contributed by atoms with Crippen molar-refractivity contribution in [3.05, 3.63) is 81.7 Å². The van der Waals surface area contributed by atoms with Gasteiger partial charge in [-0.05, 0) is 42.0 Å².